The van der Waals surface area contributed by atoms with Crippen molar-refractivity contribution in [3.8, 4) is 10.6 Å². The van der Waals surface area contributed by atoms with Crippen molar-refractivity contribution in [3.63, 3.8) is 0 Å². The molecule has 0 bridgehead atoms. The fourth-order valence-electron chi connectivity index (χ4n) is 1.64. The first kappa shape index (κ1) is 9.45. The molecule has 0 saturated heterocycles. The molecule has 3 aromatic rings. The Kier molecular flexibility index (Phi) is 2.16. The van der Waals surface area contributed by atoms with Gasteiger partial charge in [0.05, 0.1) is 0 Å². The molecule has 0 aromatic carbocycles. The quantitative estimate of drug-likeness (QED) is 0.601. The number of hydrogen-bond donors (Lipinski definition) is 0. The summed E-state index contributed by atoms with van der Waals surface area (Å²) >= 11 is 0. The van der Waals surface area contributed by atoms with E-state index in [0.29, 0.717) is 0 Å². The van der Waals surface area contributed by atoms with Gasteiger partial charge in [-0.15, -0.1) is 0 Å². The molecule has 0 fully saturated rings. The van der Waals surface area contributed by atoms with Gasteiger partial charge >= 0.3 is 0 Å². The van der Waals surface area contributed by atoms with Crippen LogP contribution < -0.4 is 0 Å². The Morgan fingerprint density at radius 1 is 1.00 bits per heavy atom. The second-order valence-electron chi connectivity index (χ2n) is 3.38. The summed E-state index contributed by atoms with van der Waals surface area (Å²) in [6.07, 6.45) is 3.40. The zero-order chi connectivity index (χ0) is 11.0. The van der Waals surface area contributed by atoms with Gasteiger partial charge in [-0.1, -0.05) is 6.07 Å². The molecule has 0 spiro atoms. The molecule has 3 aromatic heterocycles. The van der Waals surface area contributed by atoms with Crippen LogP contribution in [0.15, 0.2) is 48.8 Å². The maximum atomic E-state index is 12.2. The highest BCUT2D eigenvalue weighted by Crippen LogP contribution is 2.38. The number of thiophene rings is 1. The smallest absolute Gasteiger partial charge is 0.200 e. The second-order valence-corrected chi connectivity index (χ2v) is 4.80. The maximum absolute atomic E-state index is 12.2. The molecule has 3 rings (SSSR count). The molecule has 1 atom stereocenters. The summed E-state index contributed by atoms with van der Waals surface area (Å²) in [7, 11) is -1.15. The lowest BCUT2D eigenvalue weighted by molar-refractivity contribution is 0.600. The van der Waals surface area contributed by atoms with Gasteiger partial charge in [-0.2, -0.15) is 0 Å². The number of aromatic nitrogens is 2. The molecule has 0 amide bonds. The minimum atomic E-state index is -1.15. The standard InChI is InChI=1S/C12H8N2OS/c15-16-11-5-3-7-14-10(11)8-12(16)9-4-1-2-6-13-9/h1-8H. The van der Waals surface area contributed by atoms with Crippen LogP contribution >= 0.6 is 10.8 Å². The second kappa shape index (κ2) is 3.66. The Morgan fingerprint density at radius 3 is 2.62 bits per heavy atom. The number of hydrogen-bond acceptors (Lipinski definition) is 3. The zero-order valence-corrected chi connectivity index (χ0v) is 9.15. The van der Waals surface area contributed by atoms with Crippen LogP contribution in [0.1, 0.15) is 0 Å². The summed E-state index contributed by atoms with van der Waals surface area (Å²) in [4.78, 5) is 9.12. The van der Waals surface area contributed by atoms with E-state index in [1.807, 2.05) is 30.3 Å². The molecule has 0 aliphatic carbocycles. The van der Waals surface area contributed by atoms with Crippen molar-refractivity contribution < 1.29 is 4.55 Å². The molecular formula is C12H8N2OS. The van der Waals surface area contributed by atoms with Gasteiger partial charge in [0, 0.05) is 24.5 Å². The van der Waals surface area contributed by atoms with E-state index in [4.69, 9.17) is 0 Å². The van der Waals surface area contributed by atoms with E-state index in [-0.39, 0.29) is 0 Å². The van der Waals surface area contributed by atoms with Crippen LogP contribution in [-0.2, 0) is 0 Å². The van der Waals surface area contributed by atoms with E-state index < -0.39 is 10.8 Å². The van der Waals surface area contributed by atoms with Crippen LogP contribution in [0.25, 0.3) is 20.8 Å². The first-order valence-corrected chi connectivity index (χ1v) is 6.01. The summed E-state index contributed by atoms with van der Waals surface area (Å²) in [5.41, 5.74) is 1.53. The maximum Gasteiger partial charge on any atom is 0.200 e. The molecule has 0 N–H and O–H groups in total. The number of pyridine rings is 2. The molecule has 0 aliphatic rings. The van der Waals surface area contributed by atoms with Crippen molar-refractivity contribution in [1.82, 2.24) is 9.97 Å². The third-order valence-corrected chi connectivity index (χ3v) is 3.86. The molecule has 3 heterocycles. The lowest BCUT2D eigenvalue weighted by Crippen LogP contribution is -1.77. The van der Waals surface area contributed by atoms with Gasteiger partial charge in [0.1, 0.15) is 11.2 Å². The third-order valence-electron chi connectivity index (χ3n) is 2.38. The number of nitrogens with zero attached hydrogens (tertiary/aromatic N) is 2. The zero-order valence-electron chi connectivity index (χ0n) is 8.33. The molecule has 16 heavy (non-hydrogen) atoms. The topological polar surface area (TPSA) is 48.8 Å². The predicted octanol–water partition coefficient (Wildman–Crippen LogP) is 3.02. The van der Waals surface area contributed by atoms with E-state index in [2.05, 4.69) is 9.97 Å². The minimum Gasteiger partial charge on any atom is -0.590 e. The Hall–Kier alpha value is -1.78. The third kappa shape index (κ3) is 1.39. The molecule has 3 nitrogen and oxygen atoms in total. The van der Waals surface area contributed by atoms with Crippen LogP contribution in [-0.4, -0.2) is 14.5 Å². The summed E-state index contributed by atoms with van der Waals surface area (Å²) in [6.45, 7) is 0. The van der Waals surface area contributed by atoms with E-state index in [0.717, 1.165) is 20.8 Å². The van der Waals surface area contributed by atoms with Crippen molar-refractivity contribution in [1.29, 1.82) is 0 Å². The Labute approximate surface area is 95.2 Å². The minimum absolute atomic E-state index is 0.731. The van der Waals surface area contributed by atoms with Crippen molar-refractivity contribution in [2.24, 2.45) is 0 Å². The van der Waals surface area contributed by atoms with Crippen molar-refractivity contribution in [3.05, 3.63) is 48.8 Å². The normalized spacial score (nSPS) is 11.9. The van der Waals surface area contributed by atoms with Crippen LogP contribution in [0.3, 0.4) is 0 Å². The summed E-state index contributed by atoms with van der Waals surface area (Å²) < 4.78 is 12.9. The molecule has 78 valence electrons. The molecule has 0 saturated carbocycles. The highest BCUT2D eigenvalue weighted by Gasteiger charge is 2.16. The first-order chi connectivity index (χ1) is 7.86. The number of fused-ring (bicyclic) bond motifs is 1. The average molecular weight is 228 g/mol. The summed E-state index contributed by atoms with van der Waals surface area (Å²) in [5, 5.41) is 0. The highest BCUT2D eigenvalue weighted by molar-refractivity contribution is 7.34. The van der Waals surface area contributed by atoms with Gasteiger partial charge in [0.15, 0.2) is 4.70 Å². The summed E-state index contributed by atoms with van der Waals surface area (Å²) in [5.74, 6) is 0. The first-order valence-electron chi connectivity index (χ1n) is 4.86. The van der Waals surface area contributed by atoms with Crippen LogP contribution in [0, 0.1) is 0 Å². The van der Waals surface area contributed by atoms with Gasteiger partial charge < -0.3 is 4.55 Å². The van der Waals surface area contributed by atoms with E-state index in [9.17, 15) is 4.55 Å². The van der Waals surface area contributed by atoms with Crippen molar-refractivity contribution in [2.75, 3.05) is 0 Å². The average Bonchev–Trinajstić information content (AvgIpc) is 2.69. The molecule has 4 heteroatoms. The Balaban J connectivity index is 2.29. The molecule has 1 unspecified atom stereocenters. The highest BCUT2D eigenvalue weighted by atomic mass is 32.2. The fraction of sp³-hybridized carbons (Fsp3) is 0. The van der Waals surface area contributed by atoms with Gasteiger partial charge in [-0.05, 0) is 28.9 Å². The lowest BCUT2D eigenvalue weighted by atomic mass is 10.3. The fourth-order valence-corrected chi connectivity index (χ4v) is 2.91. The number of rotatable bonds is 1. The van der Waals surface area contributed by atoms with Crippen molar-refractivity contribution >= 4 is 21.0 Å². The van der Waals surface area contributed by atoms with Gasteiger partial charge in [0.2, 0.25) is 4.88 Å². The van der Waals surface area contributed by atoms with Crippen LogP contribution in [0.4, 0.5) is 0 Å². The van der Waals surface area contributed by atoms with Crippen LogP contribution in [0.5, 0.6) is 0 Å². The van der Waals surface area contributed by atoms with E-state index >= 15 is 0 Å². The largest absolute Gasteiger partial charge is 0.590 e. The SMILES string of the molecule is [O-][s+]1c(-c2ccccn2)cc2ncccc21. The van der Waals surface area contributed by atoms with Gasteiger partial charge in [-0.3, -0.25) is 9.97 Å². The monoisotopic (exact) mass is 228 g/mol. The molecule has 0 aliphatic heterocycles. The molecular weight excluding hydrogens is 220 g/mol. The predicted molar refractivity (Wildman–Crippen MR) is 63.6 cm³/mol. The summed E-state index contributed by atoms with van der Waals surface area (Å²) in [6, 6.07) is 11.1. The van der Waals surface area contributed by atoms with Crippen LogP contribution in [0.2, 0.25) is 0 Å². The van der Waals surface area contributed by atoms with Gasteiger partial charge in [-0.25, -0.2) is 0 Å². The van der Waals surface area contributed by atoms with Crippen molar-refractivity contribution in [2.45, 2.75) is 0 Å². The van der Waals surface area contributed by atoms with E-state index in [1.165, 1.54) is 0 Å². The molecule has 0 radical (unpaired) electrons. The van der Waals surface area contributed by atoms with Gasteiger partial charge in [0.25, 0.3) is 0 Å². The Morgan fingerprint density at radius 2 is 1.88 bits per heavy atom. The lowest BCUT2D eigenvalue weighted by Gasteiger charge is -1.95. The van der Waals surface area contributed by atoms with E-state index in [1.54, 1.807) is 18.5 Å². The Bertz CT molecular complexity index is 634.